The fourth-order valence-corrected chi connectivity index (χ4v) is 3.80. The van der Waals surface area contributed by atoms with Gasteiger partial charge in [-0.25, -0.2) is 0 Å². The third-order valence-electron chi connectivity index (χ3n) is 4.55. The van der Waals surface area contributed by atoms with Gasteiger partial charge in [-0.3, -0.25) is 9.59 Å². The second-order valence-corrected chi connectivity index (χ2v) is 9.55. The summed E-state index contributed by atoms with van der Waals surface area (Å²) in [6.45, 7) is 7.84. The van der Waals surface area contributed by atoms with Crippen LogP contribution >= 0.6 is 11.8 Å². The zero-order valence-corrected chi connectivity index (χ0v) is 19.2. The Labute approximate surface area is 188 Å². The van der Waals surface area contributed by atoms with Crippen LogP contribution in [0.1, 0.15) is 52.6 Å². The van der Waals surface area contributed by atoms with Crippen molar-refractivity contribution in [3.05, 3.63) is 95.1 Å². The molecular formula is C26H28N2O2S. The van der Waals surface area contributed by atoms with Gasteiger partial charge in [0.25, 0.3) is 11.8 Å². The predicted molar refractivity (Wildman–Crippen MR) is 129 cm³/mol. The predicted octanol–water partition coefficient (Wildman–Crippen LogP) is 6.07. The molecule has 3 rings (SSSR count). The zero-order valence-electron chi connectivity index (χ0n) is 18.4. The third kappa shape index (κ3) is 6.72. The van der Waals surface area contributed by atoms with E-state index in [2.05, 4.69) is 41.8 Å². The van der Waals surface area contributed by atoms with Crippen LogP contribution in [0.25, 0.3) is 0 Å². The highest BCUT2D eigenvalue weighted by Gasteiger charge is 2.19. The zero-order chi connectivity index (χ0) is 22.4. The number of anilines is 1. The maximum absolute atomic E-state index is 12.7. The Morgan fingerprint density at radius 3 is 2.13 bits per heavy atom. The van der Waals surface area contributed by atoms with Crippen LogP contribution in [0.15, 0.2) is 77.7 Å². The number of para-hydroxylation sites is 1. The van der Waals surface area contributed by atoms with Gasteiger partial charge in [0.2, 0.25) is 0 Å². The van der Waals surface area contributed by atoms with Gasteiger partial charge >= 0.3 is 0 Å². The monoisotopic (exact) mass is 432 g/mol. The molecule has 4 nitrogen and oxygen atoms in total. The molecule has 0 atom stereocenters. The lowest BCUT2D eigenvalue weighted by atomic mass is 10.1. The summed E-state index contributed by atoms with van der Waals surface area (Å²) in [5, 5.41) is 5.81. The number of carbonyl (C=O) groups excluding carboxylic acids is 2. The maximum Gasteiger partial charge on any atom is 0.255 e. The highest BCUT2D eigenvalue weighted by atomic mass is 32.2. The van der Waals surface area contributed by atoms with Gasteiger partial charge in [-0.2, -0.15) is 0 Å². The number of nitrogens with one attached hydrogen (secondary N) is 2. The first kappa shape index (κ1) is 22.6. The molecular weight excluding hydrogens is 404 g/mol. The van der Waals surface area contributed by atoms with Crippen LogP contribution in [0, 0.1) is 6.92 Å². The van der Waals surface area contributed by atoms with Gasteiger partial charge in [0.05, 0.1) is 11.3 Å². The number of benzene rings is 3. The number of hydrogen-bond acceptors (Lipinski definition) is 3. The topological polar surface area (TPSA) is 58.2 Å². The molecule has 3 aromatic rings. The molecule has 0 radical (unpaired) electrons. The number of rotatable bonds is 6. The number of amides is 2. The largest absolute Gasteiger partial charge is 0.347 e. The van der Waals surface area contributed by atoms with Gasteiger partial charge in [0.1, 0.15) is 0 Å². The number of carbonyl (C=O) groups is 2. The fourth-order valence-electron chi connectivity index (χ4n) is 2.95. The first-order valence-corrected chi connectivity index (χ1v) is 11.2. The van der Waals surface area contributed by atoms with Crippen molar-refractivity contribution >= 4 is 29.3 Å². The summed E-state index contributed by atoms with van der Waals surface area (Å²) < 4.78 is 0. The lowest BCUT2D eigenvalue weighted by molar-refractivity contribution is 0.0920. The molecule has 5 heteroatoms. The Morgan fingerprint density at radius 1 is 0.839 bits per heavy atom. The lowest BCUT2D eigenvalue weighted by Crippen LogP contribution is -2.40. The molecule has 0 fully saturated rings. The molecule has 2 amide bonds. The summed E-state index contributed by atoms with van der Waals surface area (Å²) >= 11 is 1.76. The molecule has 0 bridgehead atoms. The molecule has 3 aromatic carbocycles. The summed E-state index contributed by atoms with van der Waals surface area (Å²) in [6, 6.07) is 23.1. The summed E-state index contributed by atoms with van der Waals surface area (Å²) in [5.41, 5.74) is 3.52. The third-order valence-corrected chi connectivity index (χ3v) is 5.63. The summed E-state index contributed by atoms with van der Waals surface area (Å²) in [5.74, 6) is 0.376. The van der Waals surface area contributed by atoms with Crippen molar-refractivity contribution < 1.29 is 9.59 Å². The molecule has 0 heterocycles. The van der Waals surface area contributed by atoms with E-state index < -0.39 is 0 Å². The van der Waals surface area contributed by atoms with Crippen molar-refractivity contribution in [1.82, 2.24) is 5.32 Å². The second kappa shape index (κ2) is 9.84. The Morgan fingerprint density at radius 2 is 1.48 bits per heavy atom. The quantitative estimate of drug-likeness (QED) is 0.465. The van der Waals surface area contributed by atoms with Gasteiger partial charge in [0, 0.05) is 21.8 Å². The molecule has 2 N–H and O–H groups in total. The van der Waals surface area contributed by atoms with E-state index in [1.165, 1.54) is 10.5 Å². The second-order valence-electron chi connectivity index (χ2n) is 8.50. The normalized spacial score (nSPS) is 11.1. The SMILES string of the molecule is Cc1ccc(SCc2ccc(C(=O)Nc3ccccc3C(=O)NC(C)(C)C)cc2)cc1. The van der Waals surface area contributed by atoms with E-state index in [9.17, 15) is 9.59 Å². The Bertz CT molecular complexity index is 1050. The van der Waals surface area contributed by atoms with E-state index in [1.807, 2.05) is 45.0 Å². The van der Waals surface area contributed by atoms with E-state index in [4.69, 9.17) is 0 Å². The van der Waals surface area contributed by atoms with E-state index in [0.29, 0.717) is 16.8 Å². The average molecular weight is 433 g/mol. The molecule has 0 unspecified atom stereocenters. The molecule has 0 aromatic heterocycles. The Hall–Kier alpha value is -3.05. The van der Waals surface area contributed by atoms with Crippen molar-refractivity contribution in [2.24, 2.45) is 0 Å². The minimum Gasteiger partial charge on any atom is -0.347 e. The highest BCUT2D eigenvalue weighted by molar-refractivity contribution is 7.98. The van der Waals surface area contributed by atoms with Crippen molar-refractivity contribution in [3.63, 3.8) is 0 Å². The van der Waals surface area contributed by atoms with Gasteiger partial charge < -0.3 is 10.6 Å². The number of thioether (sulfide) groups is 1. The van der Waals surface area contributed by atoms with Crippen LogP contribution in [-0.2, 0) is 5.75 Å². The molecule has 0 aliphatic carbocycles. The number of hydrogen-bond donors (Lipinski definition) is 2. The first-order chi connectivity index (χ1) is 14.7. The van der Waals surface area contributed by atoms with Crippen LogP contribution in [-0.4, -0.2) is 17.4 Å². The van der Waals surface area contributed by atoms with Crippen molar-refractivity contribution in [1.29, 1.82) is 0 Å². The van der Waals surface area contributed by atoms with Gasteiger partial charge in [-0.15, -0.1) is 11.8 Å². The van der Waals surface area contributed by atoms with Crippen LogP contribution in [0.3, 0.4) is 0 Å². The average Bonchev–Trinajstić information content (AvgIpc) is 2.73. The van der Waals surface area contributed by atoms with Crippen molar-refractivity contribution in [2.45, 2.75) is 43.9 Å². The smallest absolute Gasteiger partial charge is 0.255 e. The van der Waals surface area contributed by atoms with Crippen LogP contribution < -0.4 is 10.6 Å². The minimum absolute atomic E-state index is 0.216. The van der Waals surface area contributed by atoms with Crippen LogP contribution in [0.2, 0.25) is 0 Å². The van der Waals surface area contributed by atoms with E-state index >= 15 is 0 Å². The van der Waals surface area contributed by atoms with Crippen LogP contribution in [0.5, 0.6) is 0 Å². The standard InChI is InChI=1S/C26H28N2O2S/c1-18-9-15-21(16-10-18)31-17-19-11-13-20(14-12-19)24(29)27-23-8-6-5-7-22(23)25(30)28-26(2,3)4/h5-16H,17H2,1-4H3,(H,27,29)(H,28,30). The number of aryl methyl sites for hydroxylation is 1. The Kier molecular flexibility index (Phi) is 7.18. The molecule has 0 aliphatic rings. The van der Waals surface area contributed by atoms with Crippen molar-refractivity contribution in [2.75, 3.05) is 5.32 Å². The summed E-state index contributed by atoms with van der Waals surface area (Å²) in [6.07, 6.45) is 0. The highest BCUT2D eigenvalue weighted by Crippen LogP contribution is 2.23. The maximum atomic E-state index is 12.7. The molecule has 0 spiro atoms. The van der Waals surface area contributed by atoms with Gasteiger partial charge in [-0.1, -0.05) is 42.0 Å². The van der Waals surface area contributed by atoms with Crippen LogP contribution in [0.4, 0.5) is 5.69 Å². The minimum atomic E-state index is -0.360. The summed E-state index contributed by atoms with van der Waals surface area (Å²) in [7, 11) is 0. The van der Waals surface area contributed by atoms with E-state index in [1.54, 1.807) is 36.0 Å². The van der Waals surface area contributed by atoms with E-state index in [0.717, 1.165) is 11.3 Å². The fraction of sp³-hybridized carbons (Fsp3) is 0.231. The Balaban J connectivity index is 1.65. The molecule has 0 saturated carbocycles. The lowest BCUT2D eigenvalue weighted by Gasteiger charge is -2.21. The van der Waals surface area contributed by atoms with Gasteiger partial charge in [-0.05, 0) is 69.7 Å². The molecule has 0 aliphatic heterocycles. The van der Waals surface area contributed by atoms with E-state index in [-0.39, 0.29) is 17.4 Å². The first-order valence-electron chi connectivity index (χ1n) is 10.2. The molecule has 31 heavy (non-hydrogen) atoms. The van der Waals surface area contributed by atoms with Gasteiger partial charge in [0.15, 0.2) is 0 Å². The summed E-state index contributed by atoms with van der Waals surface area (Å²) in [4.78, 5) is 26.6. The van der Waals surface area contributed by atoms with Crippen molar-refractivity contribution in [3.8, 4) is 0 Å². The molecule has 160 valence electrons. The molecule has 0 saturated heterocycles.